The van der Waals surface area contributed by atoms with Gasteiger partial charge in [-0.1, -0.05) is 105 Å². The summed E-state index contributed by atoms with van der Waals surface area (Å²) in [7, 11) is 0. The summed E-state index contributed by atoms with van der Waals surface area (Å²) >= 11 is 0. The fourth-order valence-electron chi connectivity index (χ4n) is 3.63. The molecule has 0 amide bonds. The first-order valence-corrected chi connectivity index (χ1v) is 13.3. The highest BCUT2D eigenvalue weighted by Gasteiger charge is 2.12. The van der Waals surface area contributed by atoms with Crippen LogP contribution in [0.3, 0.4) is 0 Å². The lowest BCUT2D eigenvalue weighted by Crippen LogP contribution is -2.25. The largest absolute Gasteiger partial charge is 0.463 e. The number of aliphatic hydroxyl groups excluding tert-OH is 1. The number of esters is 2. The van der Waals surface area contributed by atoms with Crippen molar-refractivity contribution in [1.29, 1.82) is 0 Å². The van der Waals surface area contributed by atoms with Crippen molar-refractivity contribution in [2.75, 3.05) is 13.2 Å². The second kappa shape index (κ2) is 21.7. The van der Waals surface area contributed by atoms with E-state index in [2.05, 4.69) is 27.7 Å². The van der Waals surface area contributed by atoms with E-state index in [0.29, 0.717) is 12.8 Å². The van der Waals surface area contributed by atoms with Crippen molar-refractivity contribution < 1.29 is 24.2 Å². The van der Waals surface area contributed by atoms with Gasteiger partial charge in [0.1, 0.15) is 19.3 Å². The van der Waals surface area contributed by atoms with E-state index in [-0.39, 0.29) is 25.2 Å². The fourth-order valence-corrected chi connectivity index (χ4v) is 3.63. The lowest BCUT2D eigenvalue weighted by Gasteiger charge is -2.12. The second-order valence-corrected chi connectivity index (χ2v) is 10.1. The summed E-state index contributed by atoms with van der Waals surface area (Å²) in [5.41, 5.74) is 0. The van der Waals surface area contributed by atoms with Gasteiger partial charge in [-0.15, -0.1) is 0 Å². The molecule has 0 rings (SSSR count). The van der Waals surface area contributed by atoms with E-state index >= 15 is 0 Å². The Morgan fingerprint density at radius 1 is 0.562 bits per heavy atom. The number of carbonyl (C=O) groups excluding carboxylic acids is 2. The topological polar surface area (TPSA) is 72.8 Å². The van der Waals surface area contributed by atoms with Crippen molar-refractivity contribution in [2.45, 2.75) is 137 Å². The average Bonchev–Trinajstić information content (AvgIpc) is 2.74. The van der Waals surface area contributed by atoms with Crippen LogP contribution in [0.5, 0.6) is 0 Å². The van der Waals surface area contributed by atoms with Gasteiger partial charge in [0.2, 0.25) is 0 Å². The first kappa shape index (κ1) is 30.9. The molecule has 0 heterocycles. The van der Waals surface area contributed by atoms with Crippen LogP contribution in [0.2, 0.25) is 0 Å². The van der Waals surface area contributed by atoms with Gasteiger partial charge in [-0.05, 0) is 24.7 Å². The maximum atomic E-state index is 11.8. The Morgan fingerprint density at radius 3 is 1.22 bits per heavy atom. The van der Waals surface area contributed by atoms with E-state index in [0.717, 1.165) is 50.4 Å². The van der Waals surface area contributed by atoms with Crippen molar-refractivity contribution in [1.82, 2.24) is 0 Å². The van der Waals surface area contributed by atoms with Crippen LogP contribution in [0.15, 0.2) is 0 Å². The SMILES string of the molecule is CC(C)CCCCCCCCC(=O)OCC(O)COC(=O)CCCCCCCCC(C)C. The number of hydrogen-bond acceptors (Lipinski definition) is 5. The van der Waals surface area contributed by atoms with Gasteiger partial charge in [0, 0.05) is 12.8 Å². The molecule has 0 saturated carbocycles. The van der Waals surface area contributed by atoms with Gasteiger partial charge in [-0.2, -0.15) is 0 Å². The first-order valence-electron chi connectivity index (χ1n) is 13.3. The average molecular weight is 457 g/mol. The van der Waals surface area contributed by atoms with Crippen LogP contribution in [-0.4, -0.2) is 36.4 Å². The maximum absolute atomic E-state index is 11.8. The summed E-state index contributed by atoms with van der Waals surface area (Å²) in [5, 5.41) is 9.85. The first-order chi connectivity index (χ1) is 15.3. The summed E-state index contributed by atoms with van der Waals surface area (Å²) in [6, 6.07) is 0. The van der Waals surface area contributed by atoms with Crippen LogP contribution in [0.1, 0.15) is 130 Å². The number of rotatable bonds is 22. The van der Waals surface area contributed by atoms with E-state index in [9.17, 15) is 14.7 Å². The predicted octanol–water partition coefficient (Wildman–Crippen LogP) is 6.99. The zero-order chi connectivity index (χ0) is 24.0. The molecular formula is C27H52O5. The molecule has 190 valence electrons. The minimum absolute atomic E-state index is 0.113. The molecule has 0 unspecified atom stereocenters. The highest BCUT2D eigenvalue weighted by Crippen LogP contribution is 2.13. The highest BCUT2D eigenvalue weighted by molar-refractivity contribution is 5.69. The molecule has 5 heteroatoms. The van der Waals surface area contributed by atoms with Crippen LogP contribution in [0, 0.1) is 11.8 Å². The van der Waals surface area contributed by atoms with Gasteiger partial charge in [-0.3, -0.25) is 9.59 Å². The molecule has 0 aliphatic rings. The molecule has 0 atom stereocenters. The third-order valence-electron chi connectivity index (χ3n) is 5.70. The van der Waals surface area contributed by atoms with E-state index in [1.807, 2.05) is 0 Å². The summed E-state index contributed by atoms with van der Waals surface area (Å²) in [5.74, 6) is 0.984. The molecule has 0 bridgehead atoms. The third-order valence-corrected chi connectivity index (χ3v) is 5.70. The normalized spacial score (nSPS) is 11.5. The molecule has 0 saturated heterocycles. The van der Waals surface area contributed by atoms with Gasteiger partial charge in [-0.25, -0.2) is 0 Å². The zero-order valence-corrected chi connectivity index (χ0v) is 21.5. The van der Waals surface area contributed by atoms with Crippen molar-refractivity contribution in [2.24, 2.45) is 11.8 Å². The summed E-state index contributed by atoms with van der Waals surface area (Å²) in [6.45, 7) is 8.79. The minimum atomic E-state index is -0.954. The zero-order valence-electron chi connectivity index (χ0n) is 21.5. The lowest BCUT2D eigenvalue weighted by molar-refractivity contribution is -0.152. The molecule has 0 aromatic carbocycles. The van der Waals surface area contributed by atoms with Crippen LogP contribution in [-0.2, 0) is 19.1 Å². The molecule has 0 aromatic rings. The molecule has 0 spiro atoms. The Balaban J connectivity index is 3.48. The van der Waals surface area contributed by atoms with E-state index < -0.39 is 6.10 Å². The summed E-state index contributed by atoms with van der Waals surface area (Å²) < 4.78 is 10.2. The molecular weight excluding hydrogens is 404 g/mol. The molecule has 0 aliphatic heterocycles. The van der Waals surface area contributed by atoms with Crippen molar-refractivity contribution in [3.05, 3.63) is 0 Å². The van der Waals surface area contributed by atoms with Crippen LogP contribution < -0.4 is 0 Å². The van der Waals surface area contributed by atoms with E-state index in [4.69, 9.17) is 9.47 Å². The quantitative estimate of drug-likeness (QED) is 0.140. The molecule has 0 radical (unpaired) electrons. The van der Waals surface area contributed by atoms with E-state index in [1.54, 1.807) is 0 Å². The van der Waals surface area contributed by atoms with Crippen molar-refractivity contribution >= 4 is 11.9 Å². The standard InChI is InChI=1S/C27H52O5/c1-23(2)17-13-9-5-7-11-15-19-26(29)31-21-25(28)22-32-27(30)20-16-12-8-6-10-14-18-24(3)4/h23-25,28H,5-22H2,1-4H3. The monoisotopic (exact) mass is 456 g/mol. The van der Waals surface area contributed by atoms with Gasteiger partial charge in [0.15, 0.2) is 0 Å². The molecule has 0 aliphatic carbocycles. The molecule has 5 nitrogen and oxygen atoms in total. The summed E-state index contributed by atoms with van der Waals surface area (Å²) in [4.78, 5) is 23.5. The van der Waals surface area contributed by atoms with Gasteiger partial charge in [0.25, 0.3) is 0 Å². The Bertz CT molecular complexity index is 407. The Hall–Kier alpha value is -1.10. The highest BCUT2D eigenvalue weighted by atomic mass is 16.6. The molecule has 0 fully saturated rings. The predicted molar refractivity (Wildman–Crippen MR) is 131 cm³/mol. The van der Waals surface area contributed by atoms with Crippen molar-refractivity contribution in [3.63, 3.8) is 0 Å². The van der Waals surface area contributed by atoms with Gasteiger partial charge in [0.05, 0.1) is 0 Å². The van der Waals surface area contributed by atoms with Gasteiger partial charge < -0.3 is 14.6 Å². The maximum Gasteiger partial charge on any atom is 0.305 e. The Morgan fingerprint density at radius 2 is 0.875 bits per heavy atom. The van der Waals surface area contributed by atoms with Crippen LogP contribution in [0.25, 0.3) is 0 Å². The Kier molecular flexibility index (Phi) is 21.0. The smallest absolute Gasteiger partial charge is 0.305 e. The number of hydrogen-bond donors (Lipinski definition) is 1. The van der Waals surface area contributed by atoms with Crippen LogP contribution >= 0.6 is 0 Å². The van der Waals surface area contributed by atoms with E-state index in [1.165, 1.54) is 51.4 Å². The second-order valence-electron chi connectivity index (χ2n) is 10.1. The van der Waals surface area contributed by atoms with Gasteiger partial charge >= 0.3 is 11.9 Å². The number of carbonyl (C=O) groups is 2. The number of aliphatic hydroxyl groups is 1. The third kappa shape index (κ3) is 23.6. The number of ether oxygens (including phenoxy) is 2. The molecule has 32 heavy (non-hydrogen) atoms. The fraction of sp³-hybridized carbons (Fsp3) is 0.926. The molecule has 0 aromatic heterocycles. The molecule has 1 N–H and O–H groups in total. The Labute approximate surface area is 198 Å². The number of unbranched alkanes of at least 4 members (excludes halogenated alkanes) is 10. The van der Waals surface area contributed by atoms with Crippen LogP contribution in [0.4, 0.5) is 0 Å². The van der Waals surface area contributed by atoms with Crippen molar-refractivity contribution in [3.8, 4) is 0 Å². The lowest BCUT2D eigenvalue weighted by atomic mass is 10.0. The minimum Gasteiger partial charge on any atom is -0.463 e. The summed E-state index contributed by atoms with van der Waals surface area (Å²) in [6.07, 6.45) is 16.0.